The molecule has 0 bridgehead atoms. The molecule has 0 radical (unpaired) electrons. The van der Waals surface area contributed by atoms with Gasteiger partial charge < -0.3 is 19.2 Å². The minimum Gasteiger partial charge on any atom is -0.493 e. The maximum Gasteiger partial charge on any atom is 0.303 e. The molecule has 0 aliphatic heterocycles. The zero-order valence-electron chi connectivity index (χ0n) is 22.6. The highest BCUT2D eigenvalue weighted by molar-refractivity contribution is 5.90. The number of anilines is 1. The Labute approximate surface area is 238 Å². The SMILES string of the molecule is O=C(O)CCCOc1cc2ccccc2cc1-c1nc2ccc(N(Cc3ccccc3)Cc3ccccc3)cc2o1. The molecule has 5 aromatic carbocycles. The summed E-state index contributed by atoms with van der Waals surface area (Å²) in [5.74, 6) is 0.250. The van der Waals surface area contributed by atoms with Crippen molar-refractivity contribution in [3.63, 3.8) is 0 Å². The molecular weight excluding hydrogens is 512 g/mol. The molecule has 0 atom stereocenters. The van der Waals surface area contributed by atoms with Crippen LogP contribution in [0.4, 0.5) is 5.69 Å². The number of carboxylic acid groups (broad SMARTS) is 1. The first-order chi connectivity index (χ1) is 20.1. The van der Waals surface area contributed by atoms with Gasteiger partial charge in [-0.05, 0) is 52.6 Å². The Morgan fingerprint density at radius 2 is 1.41 bits per heavy atom. The van der Waals surface area contributed by atoms with E-state index in [0.717, 1.165) is 40.6 Å². The zero-order chi connectivity index (χ0) is 28.0. The third kappa shape index (κ3) is 6.23. The summed E-state index contributed by atoms with van der Waals surface area (Å²) in [6.45, 7) is 1.79. The first-order valence-corrected chi connectivity index (χ1v) is 13.7. The lowest BCUT2D eigenvalue weighted by Gasteiger charge is -2.25. The standard InChI is InChI=1S/C35H30N2O4/c38-34(39)16-9-19-40-32-21-28-15-8-7-14-27(28)20-30(32)35-36-31-18-17-29(22-33(31)41-35)37(23-25-10-3-1-4-11-25)24-26-12-5-2-6-13-26/h1-8,10-15,17-18,20-22H,9,16,19,23-24H2,(H,38,39). The molecule has 41 heavy (non-hydrogen) atoms. The Kier molecular flexibility index (Phi) is 7.63. The minimum atomic E-state index is -0.837. The third-order valence-corrected chi connectivity index (χ3v) is 7.04. The van der Waals surface area contributed by atoms with Crippen molar-refractivity contribution in [2.75, 3.05) is 11.5 Å². The Bertz CT molecular complexity index is 1740. The van der Waals surface area contributed by atoms with Gasteiger partial charge in [0.05, 0.1) is 12.2 Å². The van der Waals surface area contributed by atoms with Crippen LogP contribution in [0, 0.1) is 0 Å². The second-order valence-corrected chi connectivity index (χ2v) is 10.0. The second kappa shape index (κ2) is 12.0. The van der Waals surface area contributed by atoms with Crippen molar-refractivity contribution in [3.8, 4) is 17.2 Å². The van der Waals surface area contributed by atoms with Gasteiger partial charge in [0.25, 0.3) is 0 Å². The molecule has 0 fully saturated rings. The van der Waals surface area contributed by atoms with Crippen molar-refractivity contribution in [3.05, 3.63) is 126 Å². The Hall–Kier alpha value is -5.10. The fourth-order valence-corrected chi connectivity index (χ4v) is 4.98. The maximum atomic E-state index is 11.0. The Balaban J connectivity index is 1.35. The Morgan fingerprint density at radius 1 is 0.780 bits per heavy atom. The van der Waals surface area contributed by atoms with Crippen molar-refractivity contribution in [2.45, 2.75) is 25.9 Å². The van der Waals surface area contributed by atoms with E-state index in [1.807, 2.05) is 60.7 Å². The molecule has 0 amide bonds. The van der Waals surface area contributed by atoms with E-state index in [1.54, 1.807) is 0 Å². The summed E-state index contributed by atoms with van der Waals surface area (Å²) >= 11 is 0. The number of oxazole rings is 1. The zero-order valence-corrected chi connectivity index (χ0v) is 22.6. The highest BCUT2D eigenvalue weighted by Crippen LogP contribution is 2.36. The minimum absolute atomic E-state index is 0.0526. The molecule has 1 heterocycles. The topological polar surface area (TPSA) is 75.8 Å². The van der Waals surface area contributed by atoms with Crippen molar-refractivity contribution >= 4 is 33.5 Å². The maximum absolute atomic E-state index is 11.0. The van der Waals surface area contributed by atoms with Crippen molar-refractivity contribution in [1.29, 1.82) is 0 Å². The number of aliphatic carboxylic acids is 1. The predicted molar refractivity (Wildman–Crippen MR) is 162 cm³/mol. The van der Waals surface area contributed by atoms with Crippen LogP contribution >= 0.6 is 0 Å². The van der Waals surface area contributed by atoms with Crippen molar-refractivity contribution < 1.29 is 19.1 Å². The molecular formula is C35H30N2O4. The van der Waals surface area contributed by atoms with Crippen LogP contribution < -0.4 is 9.64 Å². The van der Waals surface area contributed by atoms with Crippen LogP contribution in [0.1, 0.15) is 24.0 Å². The van der Waals surface area contributed by atoms with Crippen LogP contribution in [0.3, 0.4) is 0 Å². The van der Waals surface area contributed by atoms with Gasteiger partial charge in [-0.25, -0.2) is 4.98 Å². The van der Waals surface area contributed by atoms with E-state index in [4.69, 9.17) is 19.2 Å². The molecule has 0 spiro atoms. The summed E-state index contributed by atoms with van der Waals surface area (Å²) in [6.07, 6.45) is 0.466. The molecule has 0 aliphatic rings. The number of hydrogen-bond acceptors (Lipinski definition) is 5. The van der Waals surface area contributed by atoms with Crippen LogP contribution in [0.25, 0.3) is 33.3 Å². The average Bonchev–Trinajstić information content (AvgIpc) is 3.43. The van der Waals surface area contributed by atoms with Crippen molar-refractivity contribution in [1.82, 2.24) is 4.98 Å². The lowest BCUT2D eigenvalue weighted by molar-refractivity contribution is -0.137. The number of nitrogens with zero attached hydrogens (tertiary/aromatic N) is 2. The number of fused-ring (bicyclic) bond motifs is 2. The van der Waals surface area contributed by atoms with Crippen LogP contribution in [0.2, 0.25) is 0 Å². The van der Waals surface area contributed by atoms with Crippen LogP contribution in [-0.4, -0.2) is 22.7 Å². The van der Waals surface area contributed by atoms with E-state index in [1.165, 1.54) is 11.1 Å². The molecule has 1 N–H and O–H groups in total. The number of carboxylic acids is 1. The molecule has 1 aromatic heterocycles. The fraction of sp³-hybridized carbons (Fsp3) is 0.143. The highest BCUT2D eigenvalue weighted by atomic mass is 16.5. The van der Waals surface area contributed by atoms with Gasteiger partial charge in [-0.3, -0.25) is 4.79 Å². The van der Waals surface area contributed by atoms with Gasteiger partial charge in [0.2, 0.25) is 5.89 Å². The van der Waals surface area contributed by atoms with E-state index in [-0.39, 0.29) is 13.0 Å². The average molecular weight is 543 g/mol. The van der Waals surface area contributed by atoms with Gasteiger partial charge in [-0.15, -0.1) is 0 Å². The molecule has 6 nitrogen and oxygen atoms in total. The fourth-order valence-electron chi connectivity index (χ4n) is 4.98. The molecule has 0 saturated heterocycles. The second-order valence-electron chi connectivity index (χ2n) is 10.0. The van der Waals surface area contributed by atoms with E-state index >= 15 is 0 Å². The van der Waals surface area contributed by atoms with Gasteiger partial charge in [0.1, 0.15) is 11.3 Å². The van der Waals surface area contributed by atoms with Gasteiger partial charge in [0, 0.05) is 31.3 Å². The molecule has 204 valence electrons. The molecule has 0 aliphatic carbocycles. The van der Waals surface area contributed by atoms with Crippen LogP contribution in [-0.2, 0) is 17.9 Å². The molecule has 0 saturated carbocycles. The van der Waals surface area contributed by atoms with Crippen molar-refractivity contribution in [2.24, 2.45) is 0 Å². The van der Waals surface area contributed by atoms with Gasteiger partial charge >= 0.3 is 5.97 Å². The number of hydrogen-bond donors (Lipinski definition) is 1. The summed E-state index contributed by atoms with van der Waals surface area (Å²) in [5.41, 5.74) is 5.67. The molecule has 6 heteroatoms. The quantitative estimate of drug-likeness (QED) is 0.167. The smallest absolute Gasteiger partial charge is 0.303 e. The van der Waals surface area contributed by atoms with Crippen LogP contribution in [0.15, 0.2) is 120 Å². The van der Waals surface area contributed by atoms with Gasteiger partial charge in [-0.2, -0.15) is 0 Å². The number of ether oxygens (including phenoxy) is 1. The highest BCUT2D eigenvalue weighted by Gasteiger charge is 2.17. The van der Waals surface area contributed by atoms with E-state index < -0.39 is 5.97 Å². The number of carbonyl (C=O) groups is 1. The lowest BCUT2D eigenvalue weighted by atomic mass is 10.1. The summed E-state index contributed by atoms with van der Waals surface area (Å²) in [7, 11) is 0. The summed E-state index contributed by atoms with van der Waals surface area (Å²) in [6, 6.07) is 39.0. The van der Waals surface area contributed by atoms with Gasteiger partial charge in [0.15, 0.2) is 5.58 Å². The normalized spacial score (nSPS) is 11.1. The van der Waals surface area contributed by atoms with E-state index in [9.17, 15) is 4.79 Å². The van der Waals surface area contributed by atoms with E-state index in [2.05, 4.69) is 59.5 Å². The lowest BCUT2D eigenvalue weighted by Crippen LogP contribution is -2.22. The number of aromatic nitrogens is 1. The largest absolute Gasteiger partial charge is 0.493 e. The van der Waals surface area contributed by atoms with Crippen LogP contribution in [0.5, 0.6) is 5.75 Å². The number of benzene rings is 5. The Morgan fingerprint density at radius 3 is 2.07 bits per heavy atom. The third-order valence-electron chi connectivity index (χ3n) is 7.04. The molecule has 6 rings (SSSR count). The predicted octanol–water partition coefficient (Wildman–Crippen LogP) is 8.10. The monoisotopic (exact) mass is 542 g/mol. The summed E-state index contributed by atoms with van der Waals surface area (Å²) < 4.78 is 12.4. The number of rotatable bonds is 11. The molecule has 6 aromatic rings. The first kappa shape index (κ1) is 26.1. The van der Waals surface area contributed by atoms with E-state index in [0.29, 0.717) is 23.6 Å². The van der Waals surface area contributed by atoms with Gasteiger partial charge in [-0.1, -0.05) is 84.9 Å². The first-order valence-electron chi connectivity index (χ1n) is 13.7. The summed E-state index contributed by atoms with van der Waals surface area (Å²) in [4.78, 5) is 18.1. The summed E-state index contributed by atoms with van der Waals surface area (Å²) in [5, 5.41) is 11.1. The molecule has 0 unspecified atom stereocenters.